The van der Waals surface area contributed by atoms with Crippen molar-refractivity contribution in [1.82, 2.24) is 0 Å². The summed E-state index contributed by atoms with van der Waals surface area (Å²) in [4.78, 5) is 72.8. The van der Waals surface area contributed by atoms with Crippen molar-refractivity contribution in [2.24, 2.45) is 17.8 Å². The highest BCUT2D eigenvalue weighted by molar-refractivity contribution is 7.47. The standard InChI is InChI=1S/C76H148O17P2/c1-8-9-10-11-12-13-14-15-18-23-29-38-45-52-59-75(80)93-72(64-87-74(79)58-51-44-37-32-31-35-42-49-56-69(6)7)66-91-95(84,85)89-62-70(77)61-88-94(82,83)90-65-71(63-86-73(78)57-50-43-36-28-25-20-22-27-34-41-48-55-68(4)5)92-76(81)60-53-46-39-30-24-19-16-17-21-26-33-40-47-54-67(2)3/h67-72,77H,8-66H2,1-7H3,(H,82,83)(H,84,85)/t70-,71-,72-/m1/s1. The van der Waals surface area contributed by atoms with E-state index in [1.165, 1.54) is 199 Å². The Morgan fingerprint density at radius 3 is 0.716 bits per heavy atom. The summed E-state index contributed by atoms with van der Waals surface area (Å²) in [6.45, 7) is 11.9. The second-order valence-electron chi connectivity index (χ2n) is 28.8. The third kappa shape index (κ3) is 70.3. The molecule has 95 heavy (non-hydrogen) atoms. The number of aliphatic hydroxyl groups is 1. The number of hydrogen-bond acceptors (Lipinski definition) is 15. The molecule has 0 aliphatic carbocycles. The molecule has 0 rings (SSSR count). The van der Waals surface area contributed by atoms with Crippen LogP contribution in [0.4, 0.5) is 0 Å². The first kappa shape index (κ1) is 93.1. The maximum absolute atomic E-state index is 13.1. The van der Waals surface area contributed by atoms with Crippen molar-refractivity contribution in [3.05, 3.63) is 0 Å². The van der Waals surface area contributed by atoms with Crippen molar-refractivity contribution >= 4 is 39.5 Å². The van der Waals surface area contributed by atoms with Gasteiger partial charge in [-0.3, -0.25) is 37.3 Å². The first-order valence-electron chi connectivity index (χ1n) is 39.3. The maximum Gasteiger partial charge on any atom is 0.472 e. The van der Waals surface area contributed by atoms with E-state index in [0.717, 1.165) is 108 Å². The zero-order chi connectivity index (χ0) is 70.1. The Bertz CT molecular complexity index is 1850. The average molecular weight is 1400 g/mol. The van der Waals surface area contributed by atoms with Crippen LogP contribution in [0.1, 0.15) is 389 Å². The van der Waals surface area contributed by atoms with Crippen molar-refractivity contribution in [3.63, 3.8) is 0 Å². The summed E-state index contributed by atoms with van der Waals surface area (Å²) in [6, 6.07) is 0. The van der Waals surface area contributed by atoms with Crippen molar-refractivity contribution < 1.29 is 80.2 Å². The Balaban J connectivity index is 5.26. The highest BCUT2D eigenvalue weighted by atomic mass is 31.2. The topological polar surface area (TPSA) is 237 Å². The Kier molecular flexibility index (Phi) is 65.2. The zero-order valence-electron chi connectivity index (χ0n) is 62.1. The summed E-state index contributed by atoms with van der Waals surface area (Å²) in [7, 11) is -9.91. The number of carbonyl (C=O) groups is 4. The molecule has 17 nitrogen and oxygen atoms in total. The average Bonchev–Trinajstić information content (AvgIpc) is 1.92. The first-order valence-corrected chi connectivity index (χ1v) is 42.3. The van der Waals surface area contributed by atoms with Crippen molar-refractivity contribution in [2.75, 3.05) is 39.6 Å². The van der Waals surface area contributed by atoms with Gasteiger partial charge in [0.25, 0.3) is 0 Å². The fourth-order valence-electron chi connectivity index (χ4n) is 11.6. The van der Waals surface area contributed by atoms with Crippen LogP contribution >= 0.6 is 15.6 Å². The quantitative estimate of drug-likeness (QED) is 0.0222. The third-order valence-electron chi connectivity index (χ3n) is 17.6. The largest absolute Gasteiger partial charge is 0.472 e. The van der Waals surface area contributed by atoms with Crippen LogP contribution in [-0.2, 0) is 65.4 Å². The molecule has 2 unspecified atom stereocenters. The van der Waals surface area contributed by atoms with E-state index < -0.39 is 97.5 Å². The highest BCUT2D eigenvalue weighted by Crippen LogP contribution is 2.45. The van der Waals surface area contributed by atoms with Gasteiger partial charge in [0.05, 0.1) is 26.4 Å². The van der Waals surface area contributed by atoms with Gasteiger partial charge >= 0.3 is 39.5 Å². The van der Waals surface area contributed by atoms with Gasteiger partial charge in [-0.2, -0.15) is 0 Å². The molecule has 0 aliphatic heterocycles. The number of esters is 4. The number of ether oxygens (including phenoxy) is 4. The molecule has 0 saturated heterocycles. The van der Waals surface area contributed by atoms with Crippen LogP contribution in [0.3, 0.4) is 0 Å². The zero-order valence-corrected chi connectivity index (χ0v) is 63.9. The van der Waals surface area contributed by atoms with Gasteiger partial charge in [0, 0.05) is 25.7 Å². The van der Waals surface area contributed by atoms with Crippen molar-refractivity contribution in [2.45, 2.75) is 407 Å². The van der Waals surface area contributed by atoms with E-state index in [1.807, 2.05) is 0 Å². The number of phosphoric ester groups is 2. The van der Waals surface area contributed by atoms with Crippen LogP contribution in [-0.4, -0.2) is 96.7 Å². The Hall–Kier alpha value is -1.94. The van der Waals surface area contributed by atoms with Gasteiger partial charge in [-0.1, -0.05) is 337 Å². The fourth-order valence-corrected chi connectivity index (χ4v) is 13.2. The highest BCUT2D eigenvalue weighted by Gasteiger charge is 2.30. The van der Waals surface area contributed by atoms with Gasteiger partial charge < -0.3 is 33.8 Å². The summed E-state index contributed by atoms with van der Waals surface area (Å²) in [5, 5.41) is 10.6. The molecule has 0 aliphatic rings. The minimum atomic E-state index is -4.96. The molecule has 0 bridgehead atoms. The Morgan fingerprint density at radius 2 is 0.484 bits per heavy atom. The first-order chi connectivity index (χ1) is 45.7. The van der Waals surface area contributed by atoms with Crippen LogP contribution in [0.25, 0.3) is 0 Å². The molecule has 3 N–H and O–H groups in total. The summed E-state index contributed by atoms with van der Waals surface area (Å²) < 4.78 is 68.6. The van der Waals surface area contributed by atoms with E-state index in [9.17, 15) is 43.2 Å². The normalized spacial score (nSPS) is 14.1. The second-order valence-corrected chi connectivity index (χ2v) is 31.7. The third-order valence-corrected chi connectivity index (χ3v) is 19.5. The van der Waals surface area contributed by atoms with E-state index in [2.05, 4.69) is 48.5 Å². The van der Waals surface area contributed by atoms with E-state index in [-0.39, 0.29) is 25.7 Å². The molecule has 0 amide bonds. The predicted molar refractivity (Wildman–Crippen MR) is 386 cm³/mol. The molecule has 564 valence electrons. The van der Waals surface area contributed by atoms with E-state index in [0.29, 0.717) is 25.7 Å². The molecule has 0 aromatic rings. The minimum Gasteiger partial charge on any atom is -0.462 e. The lowest BCUT2D eigenvalue weighted by atomic mass is 10.0. The van der Waals surface area contributed by atoms with Crippen molar-refractivity contribution in [3.8, 4) is 0 Å². The Labute approximate surface area is 581 Å². The predicted octanol–water partition coefficient (Wildman–Crippen LogP) is 22.2. The summed E-state index contributed by atoms with van der Waals surface area (Å²) >= 11 is 0. The van der Waals surface area contributed by atoms with E-state index in [4.69, 9.17) is 37.0 Å². The lowest BCUT2D eigenvalue weighted by Crippen LogP contribution is -2.30. The van der Waals surface area contributed by atoms with E-state index in [1.54, 1.807) is 0 Å². The fraction of sp³-hybridized carbons (Fsp3) is 0.947. The number of hydrogen-bond donors (Lipinski definition) is 3. The molecule has 0 spiro atoms. The number of carbonyl (C=O) groups excluding carboxylic acids is 4. The molecule has 0 fully saturated rings. The van der Waals surface area contributed by atoms with Crippen molar-refractivity contribution in [1.29, 1.82) is 0 Å². The van der Waals surface area contributed by atoms with E-state index >= 15 is 0 Å². The molecule has 0 heterocycles. The van der Waals surface area contributed by atoms with Crippen LogP contribution in [0.5, 0.6) is 0 Å². The molecular formula is C76H148O17P2. The number of phosphoric acid groups is 2. The number of rotatable bonds is 74. The Morgan fingerprint density at radius 1 is 0.284 bits per heavy atom. The van der Waals surface area contributed by atoms with Gasteiger partial charge in [-0.25, -0.2) is 9.13 Å². The monoisotopic (exact) mass is 1400 g/mol. The number of unbranched alkanes of at least 4 members (excludes halogenated alkanes) is 42. The van der Waals surface area contributed by atoms with Gasteiger partial charge in [0.2, 0.25) is 0 Å². The van der Waals surface area contributed by atoms with Crippen LogP contribution in [0.2, 0.25) is 0 Å². The molecule has 0 aromatic carbocycles. The van der Waals surface area contributed by atoms with Gasteiger partial charge in [0.1, 0.15) is 19.3 Å². The second kappa shape index (κ2) is 66.6. The SMILES string of the molecule is CCCCCCCCCCCCCCCCC(=O)O[C@H](COC(=O)CCCCCCCCCCC(C)C)COP(=O)(O)OC[C@H](O)COP(=O)(O)OC[C@@H](COC(=O)CCCCCCCCCCCCCC(C)C)OC(=O)CCCCCCCCCCCCCCCC(C)C. The smallest absolute Gasteiger partial charge is 0.462 e. The number of aliphatic hydroxyl groups excluding tert-OH is 1. The maximum atomic E-state index is 13.1. The van der Waals surface area contributed by atoms with Crippen LogP contribution < -0.4 is 0 Å². The van der Waals surface area contributed by atoms with Gasteiger partial charge in [0.15, 0.2) is 12.2 Å². The van der Waals surface area contributed by atoms with Crippen LogP contribution in [0, 0.1) is 17.8 Å². The van der Waals surface area contributed by atoms with Gasteiger partial charge in [-0.05, 0) is 43.4 Å². The molecular weight excluding hydrogens is 1250 g/mol. The molecule has 0 aromatic heterocycles. The lowest BCUT2D eigenvalue weighted by molar-refractivity contribution is -0.161. The van der Waals surface area contributed by atoms with Gasteiger partial charge in [-0.15, -0.1) is 0 Å². The minimum absolute atomic E-state index is 0.107. The molecule has 0 radical (unpaired) electrons. The lowest BCUT2D eigenvalue weighted by Gasteiger charge is -2.21. The molecule has 19 heteroatoms. The summed E-state index contributed by atoms with van der Waals surface area (Å²) in [5.74, 6) is 0.168. The van der Waals surface area contributed by atoms with Crippen LogP contribution in [0.15, 0.2) is 0 Å². The molecule has 5 atom stereocenters. The summed E-state index contributed by atoms with van der Waals surface area (Å²) in [5.41, 5.74) is 0. The molecule has 0 saturated carbocycles. The summed E-state index contributed by atoms with van der Waals surface area (Å²) in [6.07, 6.45) is 52.6.